The molecule has 0 atom stereocenters. The molecule has 0 saturated carbocycles. The molecule has 0 aromatic heterocycles. The number of hydrogen-bond acceptors (Lipinski definition) is 4. The van der Waals surface area contributed by atoms with Crippen molar-refractivity contribution in [3.63, 3.8) is 0 Å². The molecule has 150 valence electrons. The molecule has 0 unspecified atom stereocenters. The molecule has 0 bridgehead atoms. The van der Waals surface area contributed by atoms with Crippen LogP contribution in [0.5, 0.6) is 0 Å². The average Bonchev–Trinajstić information content (AvgIpc) is 2.72. The third-order valence-corrected chi connectivity index (χ3v) is 4.37. The smallest absolute Gasteiger partial charge is 0.338 e. The maximum atomic E-state index is 12.9. The summed E-state index contributed by atoms with van der Waals surface area (Å²) in [5.41, 5.74) is 1.67. The van der Waals surface area contributed by atoms with E-state index in [4.69, 9.17) is 9.47 Å². The van der Waals surface area contributed by atoms with E-state index in [2.05, 4.69) is 6.92 Å². The molecule has 2 rings (SSSR count). The molecule has 0 spiro atoms. The molecule has 0 N–H and O–H groups in total. The van der Waals surface area contributed by atoms with Crippen molar-refractivity contribution < 1.29 is 23.5 Å². The monoisotopic (exact) mass is 386 g/mol. The largest absolute Gasteiger partial charge is 0.462 e. The fraction of sp³-hybridized carbons (Fsp3) is 0.391. The first-order valence-electron chi connectivity index (χ1n) is 9.79. The molecule has 0 radical (unpaired) electrons. The predicted octanol–water partition coefficient (Wildman–Crippen LogP) is 5.35. The Hall–Kier alpha value is -2.69. The summed E-state index contributed by atoms with van der Waals surface area (Å²) >= 11 is 0. The number of carbonyl (C=O) groups is 2. The van der Waals surface area contributed by atoms with E-state index in [0.717, 1.165) is 24.8 Å². The number of rotatable bonds is 11. The van der Waals surface area contributed by atoms with Gasteiger partial charge in [0, 0.05) is 6.42 Å². The minimum absolute atomic E-state index is 0.201. The molecule has 0 amide bonds. The lowest BCUT2D eigenvalue weighted by Gasteiger charge is -2.07. The van der Waals surface area contributed by atoms with Crippen LogP contribution in [-0.4, -0.2) is 25.2 Å². The molecule has 28 heavy (non-hydrogen) atoms. The van der Waals surface area contributed by atoms with Gasteiger partial charge in [0.25, 0.3) is 0 Å². The Morgan fingerprint density at radius 3 is 1.86 bits per heavy atom. The van der Waals surface area contributed by atoms with Crippen molar-refractivity contribution in [2.45, 2.75) is 45.4 Å². The quantitative estimate of drug-likeness (QED) is 0.386. The molecule has 2 aromatic rings. The minimum atomic E-state index is -0.460. The van der Waals surface area contributed by atoms with Crippen LogP contribution in [0.1, 0.15) is 65.3 Å². The topological polar surface area (TPSA) is 52.6 Å². The second-order valence-corrected chi connectivity index (χ2v) is 6.64. The van der Waals surface area contributed by atoms with E-state index in [1.165, 1.54) is 25.0 Å². The van der Waals surface area contributed by atoms with Crippen LogP contribution in [0.3, 0.4) is 0 Å². The van der Waals surface area contributed by atoms with Crippen LogP contribution in [0.2, 0.25) is 0 Å². The third-order valence-electron chi connectivity index (χ3n) is 4.37. The van der Waals surface area contributed by atoms with Gasteiger partial charge in [0.05, 0.1) is 24.3 Å². The van der Waals surface area contributed by atoms with E-state index in [-0.39, 0.29) is 18.4 Å². The Morgan fingerprint density at radius 1 is 0.750 bits per heavy atom. The molecule has 0 saturated heterocycles. The highest BCUT2D eigenvalue weighted by Crippen LogP contribution is 2.10. The van der Waals surface area contributed by atoms with E-state index < -0.39 is 5.97 Å². The van der Waals surface area contributed by atoms with Crippen molar-refractivity contribution in [2.75, 3.05) is 13.2 Å². The fourth-order valence-corrected chi connectivity index (χ4v) is 2.69. The Morgan fingerprint density at radius 2 is 1.29 bits per heavy atom. The van der Waals surface area contributed by atoms with Crippen molar-refractivity contribution in [1.82, 2.24) is 0 Å². The molecule has 0 aliphatic carbocycles. The second-order valence-electron chi connectivity index (χ2n) is 6.64. The molecule has 0 heterocycles. The summed E-state index contributed by atoms with van der Waals surface area (Å²) in [5, 5.41) is 0. The van der Waals surface area contributed by atoms with Gasteiger partial charge in [-0.25, -0.2) is 14.0 Å². The van der Waals surface area contributed by atoms with Gasteiger partial charge in [-0.05, 0) is 48.4 Å². The SMILES string of the molecule is CCCCCCCOC(=O)c1ccc(C(=O)OCCc2ccc(F)cc2)cc1. The van der Waals surface area contributed by atoms with Crippen LogP contribution in [0.15, 0.2) is 48.5 Å². The summed E-state index contributed by atoms with van der Waals surface area (Å²) in [7, 11) is 0. The highest BCUT2D eigenvalue weighted by molar-refractivity contribution is 5.93. The Kier molecular flexibility index (Phi) is 9.19. The van der Waals surface area contributed by atoms with Gasteiger partial charge < -0.3 is 9.47 Å². The summed E-state index contributed by atoms with van der Waals surface area (Å²) in [5.74, 6) is -1.14. The molecular formula is C23H27FO4. The Balaban J connectivity index is 1.72. The number of hydrogen-bond donors (Lipinski definition) is 0. The predicted molar refractivity (Wildman–Crippen MR) is 106 cm³/mol. The maximum absolute atomic E-state index is 12.9. The zero-order chi connectivity index (χ0) is 20.2. The first-order valence-corrected chi connectivity index (χ1v) is 9.79. The highest BCUT2D eigenvalue weighted by atomic mass is 19.1. The van der Waals surface area contributed by atoms with Crippen molar-refractivity contribution >= 4 is 11.9 Å². The van der Waals surface area contributed by atoms with Crippen LogP contribution in [0.4, 0.5) is 4.39 Å². The molecule has 0 aliphatic heterocycles. The van der Waals surface area contributed by atoms with E-state index in [1.807, 2.05) is 0 Å². The Labute approximate surface area is 165 Å². The van der Waals surface area contributed by atoms with Crippen LogP contribution in [-0.2, 0) is 15.9 Å². The van der Waals surface area contributed by atoms with Crippen molar-refractivity contribution in [3.05, 3.63) is 71.0 Å². The van der Waals surface area contributed by atoms with E-state index in [0.29, 0.717) is 24.2 Å². The van der Waals surface area contributed by atoms with Gasteiger partial charge in [-0.3, -0.25) is 0 Å². The number of esters is 2. The van der Waals surface area contributed by atoms with Crippen LogP contribution in [0, 0.1) is 5.82 Å². The highest BCUT2D eigenvalue weighted by Gasteiger charge is 2.11. The third kappa shape index (κ3) is 7.51. The van der Waals surface area contributed by atoms with Gasteiger partial charge in [0.1, 0.15) is 5.82 Å². The zero-order valence-electron chi connectivity index (χ0n) is 16.3. The van der Waals surface area contributed by atoms with E-state index >= 15 is 0 Å². The van der Waals surface area contributed by atoms with Crippen molar-refractivity contribution in [3.8, 4) is 0 Å². The first-order chi connectivity index (χ1) is 13.6. The number of unbranched alkanes of at least 4 members (excludes halogenated alkanes) is 4. The van der Waals surface area contributed by atoms with Gasteiger partial charge in [-0.1, -0.05) is 44.7 Å². The summed E-state index contributed by atoms with van der Waals surface area (Å²) < 4.78 is 23.3. The van der Waals surface area contributed by atoms with E-state index in [9.17, 15) is 14.0 Å². The lowest BCUT2D eigenvalue weighted by Crippen LogP contribution is -2.10. The van der Waals surface area contributed by atoms with Crippen LogP contribution in [0.25, 0.3) is 0 Å². The molecule has 5 heteroatoms. The zero-order valence-corrected chi connectivity index (χ0v) is 16.3. The average molecular weight is 386 g/mol. The lowest BCUT2D eigenvalue weighted by molar-refractivity contribution is 0.0487. The molecule has 0 aliphatic rings. The normalized spacial score (nSPS) is 10.5. The van der Waals surface area contributed by atoms with Crippen molar-refractivity contribution in [1.29, 1.82) is 0 Å². The molecule has 0 fully saturated rings. The summed E-state index contributed by atoms with van der Waals surface area (Å²) in [6, 6.07) is 12.3. The summed E-state index contributed by atoms with van der Waals surface area (Å²) in [6.07, 6.45) is 5.98. The Bertz CT molecular complexity index is 738. The van der Waals surface area contributed by atoms with Crippen LogP contribution < -0.4 is 0 Å². The molecule has 2 aromatic carbocycles. The number of carbonyl (C=O) groups excluding carboxylic acids is 2. The fourth-order valence-electron chi connectivity index (χ4n) is 2.69. The second kappa shape index (κ2) is 11.9. The van der Waals surface area contributed by atoms with Gasteiger partial charge in [0.2, 0.25) is 0 Å². The first kappa shape index (κ1) is 21.6. The number of ether oxygens (including phenoxy) is 2. The number of halogens is 1. The van der Waals surface area contributed by atoms with Gasteiger partial charge in [0.15, 0.2) is 0 Å². The van der Waals surface area contributed by atoms with Crippen molar-refractivity contribution in [2.24, 2.45) is 0 Å². The number of benzene rings is 2. The minimum Gasteiger partial charge on any atom is -0.462 e. The lowest BCUT2D eigenvalue weighted by atomic mass is 10.1. The molecule has 4 nitrogen and oxygen atoms in total. The maximum Gasteiger partial charge on any atom is 0.338 e. The standard InChI is InChI=1S/C23H27FO4/c1-2-3-4-5-6-16-27-22(25)19-9-11-20(12-10-19)23(26)28-17-15-18-7-13-21(24)14-8-18/h7-14H,2-6,15-17H2,1H3. The molecular weight excluding hydrogens is 359 g/mol. The van der Waals surface area contributed by atoms with Crippen LogP contribution >= 0.6 is 0 Å². The van der Waals surface area contributed by atoms with Gasteiger partial charge in [-0.15, -0.1) is 0 Å². The summed E-state index contributed by atoms with van der Waals surface area (Å²) in [6.45, 7) is 2.77. The van der Waals surface area contributed by atoms with Gasteiger partial charge >= 0.3 is 11.9 Å². The summed E-state index contributed by atoms with van der Waals surface area (Å²) in [4.78, 5) is 24.1. The van der Waals surface area contributed by atoms with E-state index in [1.54, 1.807) is 36.4 Å². The van der Waals surface area contributed by atoms with Gasteiger partial charge in [-0.2, -0.15) is 0 Å².